The van der Waals surface area contributed by atoms with E-state index in [-0.39, 0.29) is 0 Å². The lowest BCUT2D eigenvalue weighted by Crippen LogP contribution is -2.46. The van der Waals surface area contributed by atoms with Crippen LogP contribution in [-0.2, 0) is 0 Å². The summed E-state index contributed by atoms with van der Waals surface area (Å²) >= 11 is 0. The third kappa shape index (κ3) is 3.21. The Bertz CT molecular complexity index is 199. The van der Waals surface area contributed by atoms with Crippen molar-refractivity contribution in [2.75, 3.05) is 20.1 Å². The zero-order valence-corrected chi connectivity index (χ0v) is 11.0. The first-order chi connectivity index (χ1) is 7.79. The topological polar surface area (TPSA) is 15.3 Å². The summed E-state index contributed by atoms with van der Waals surface area (Å²) in [6.45, 7) is 4.84. The molecule has 0 amide bonds. The lowest BCUT2D eigenvalue weighted by molar-refractivity contribution is 0.184. The summed E-state index contributed by atoms with van der Waals surface area (Å²) in [7, 11) is 2.33. The summed E-state index contributed by atoms with van der Waals surface area (Å²) in [5.74, 6) is 0.975. The van der Waals surface area contributed by atoms with Crippen LogP contribution < -0.4 is 5.32 Å². The second-order valence-electron chi connectivity index (χ2n) is 5.83. The summed E-state index contributed by atoms with van der Waals surface area (Å²) in [5.41, 5.74) is 0. The van der Waals surface area contributed by atoms with Crippen LogP contribution in [0.5, 0.6) is 0 Å². The van der Waals surface area contributed by atoms with Gasteiger partial charge < -0.3 is 10.2 Å². The number of rotatable bonds is 4. The molecule has 0 aromatic heterocycles. The van der Waals surface area contributed by atoms with Gasteiger partial charge in [-0.05, 0) is 45.2 Å². The molecule has 0 spiro atoms. The van der Waals surface area contributed by atoms with Gasteiger partial charge in [0, 0.05) is 18.6 Å². The van der Waals surface area contributed by atoms with Crippen molar-refractivity contribution in [3.63, 3.8) is 0 Å². The average Bonchev–Trinajstić information content (AvgIpc) is 2.83. The van der Waals surface area contributed by atoms with E-state index in [0.717, 1.165) is 18.0 Å². The second-order valence-corrected chi connectivity index (χ2v) is 5.83. The molecule has 1 aliphatic heterocycles. The SMILES string of the molecule is CCC1CCNC(CN(C)C2CCCC2)C1. The quantitative estimate of drug-likeness (QED) is 0.790. The van der Waals surface area contributed by atoms with Gasteiger partial charge in [-0.25, -0.2) is 0 Å². The number of hydrogen-bond acceptors (Lipinski definition) is 2. The first-order valence-corrected chi connectivity index (χ1v) is 7.23. The lowest BCUT2D eigenvalue weighted by atomic mass is 9.90. The highest BCUT2D eigenvalue weighted by atomic mass is 15.2. The fraction of sp³-hybridized carbons (Fsp3) is 1.00. The molecule has 1 aliphatic carbocycles. The van der Waals surface area contributed by atoms with Crippen molar-refractivity contribution in [1.82, 2.24) is 10.2 Å². The number of hydrogen-bond donors (Lipinski definition) is 1. The molecule has 2 unspecified atom stereocenters. The van der Waals surface area contributed by atoms with E-state index in [9.17, 15) is 0 Å². The van der Waals surface area contributed by atoms with E-state index in [0.29, 0.717) is 0 Å². The molecule has 0 radical (unpaired) electrons. The van der Waals surface area contributed by atoms with Crippen LogP contribution in [0.1, 0.15) is 51.9 Å². The standard InChI is InChI=1S/C14H28N2/c1-3-12-8-9-15-13(10-12)11-16(2)14-6-4-5-7-14/h12-15H,3-11H2,1-2H3. The van der Waals surface area contributed by atoms with E-state index in [1.165, 1.54) is 58.0 Å². The molecular weight excluding hydrogens is 196 g/mol. The van der Waals surface area contributed by atoms with Crippen molar-refractivity contribution in [3.8, 4) is 0 Å². The molecule has 2 fully saturated rings. The molecule has 2 atom stereocenters. The third-order valence-corrected chi connectivity index (χ3v) is 4.64. The largest absolute Gasteiger partial charge is 0.313 e. The fourth-order valence-electron chi connectivity index (χ4n) is 3.45. The maximum absolute atomic E-state index is 3.70. The minimum absolute atomic E-state index is 0.754. The maximum atomic E-state index is 3.70. The zero-order chi connectivity index (χ0) is 11.4. The van der Waals surface area contributed by atoms with Gasteiger partial charge in [0.25, 0.3) is 0 Å². The van der Waals surface area contributed by atoms with Crippen LogP contribution in [0.15, 0.2) is 0 Å². The smallest absolute Gasteiger partial charge is 0.0197 e. The Morgan fingerprint density at radius 1 is 1.19 bits per heavy atom. The summed E-state index contributed by atoms with van der Waals surface area (Å²) < 4.78 is 0. The molecule has 1 heterocycles. The van der Waals surface area contributed by atoms with Crippen LogP contribution in [0.2, 0.25) is 0 Å². The average molecular weight is 224 g/mol. The Morgan fingerprint density at radius 2 is 1.94 bits per heavy atom. The van der Waals surface area contributed by atoms with E-state index in [1.807, 2.05) is 0 Å². The van der Waals surface area contributed by atoms with Crippen molar-refractivity contribution >= 4 is 0 Å². The number of nitrogens with zero attached hydrogens (tertiary/aromatic N) is 1. The highest BCUT2D eigenvalue weighted by molar-refractivity contribution is 4.83. The molecule has 0 aromatic rings. The molecule has 1 saturated heterocycles. The van der Waals surface area contributed by atoms with Crippen molar-refractivity contribution in [3.05, 3.63) is 0 Å². The van der Waals surface area contributed by atoms with E-state index < -0.39 is 0 Å². The van der Waals surface area contributed by atoms with Gasteiger partial charge in [0.05, 0.1) is 0 Å². The molecule has 0 bridgehead atoms. The van der Waals surface area contributed by atoms with Crippen LogP contribution in [0.3, 0.4) is 0 Å². The van der Waals surface area contributed by atoms with Crippen LogP contribution in [0.25, 0.3) is 0 Å². The molecule has 2 nitrogen and oxygen atoms in total. The normalized spacial score (nSPS) is 32.4. The molecule has 2 aliphatic rings. The van der Waals surface area contributed by atoms with E-state index >= 15 is 0 Å². The first-order valence-electron chi connectivity index (χ1n) is 7.23. The van der Waals surface area contributed by atoms with Gasteiger partial charge in [-0.1, -0.05) is 26.2 Å². The molecule has 2 rings (SSSR count). The van der Waals surface area contributed by atoms with Gasteiger partial charge in [0.2, 0.25) is 0 Å². The van der Waals surface area contributed by atoms with Crippen molar-refractivity contribution < 1.29 is 0 Å². The highest BCUT2D eigenvalue weighted by Gasteiger charge is 2.25. The second kappa shape index (κ2) is 6.02. The van der Waals surface area contributed by atoms with Crippen molar-refractivity contribution in [1.29, 1.82) is 0 Å². The van der Waals surface area contributed by atoms with Crippen LogP contribution in [0, 0.1) is 5.92 Å². The van der Waals surface area contributed by atoms with E-state index in [1.54, 1.807) is 0 Å². The van der Waals surface area contributed by atoms with Crippen LogP contribution >= 0.6 is 0 Å². The maximum Gasteiger partial charge on any atom is 0.0197 e. The number of piperidine rings is 1. The van der Waals surface area contributed by atoms with Gasteiger partial charge >= 0.3 is 0 Å². The first kappa shape index (κ1) is 12.4. The Kier molecular flexibility index (Phi) is 4.66. The Labute approximate surface area is 101 Å². The van der Waals surface area contributed by atoms with Gasteiger partial charge in [-0.3, -0.25) is 0 Å². The predicted octanol–water partition coefficient (Wildman–Crippen LogP) is 2.64. The molecule has 1 saturated carbocycles. The summed E-state index contributed by atoms with van der Waals surface area (Å²) in [6, 6.07) is 1.63. The highest BCUT2D eigenvalue weighted by Crippen LogP contribution is 2.24. The Balaban J connectivity index is 1.75. The summed E-state index contributed by atoms with van der Waals surface area (Å²) in [6.07, 6.45) is 9.91. The minimum atomic E-state index is 0.754. The van der Waals surface area contributed by atoms with Crippen molar-refractivity contribution in [2.24, 2.45) is 5.92 Å². The van der Waals surface area contributed by atoms with Gasteiger partial charge in [-0.2, -0.15) is 0 Å². The van der Waals surface area contributed by atoms with E-state index in [4.69, 9.17) is 0 Å². The number of likely N-dealkylation sites (N-methyl/N-ethyl adjacent to an activating group) is 1. The molecular formula is C14H28N2. The fourth-order valence-corrected chi connectivity index (χ4v) is 3.45. The molecule has 1 N–H and O–H groups in total. The van der Waals surface area contributed by atoms with Gasteiger partial charge in [0.15, 0.2) is 0 Å². The molecule has 2 heteroatoms. The minimum Gasteiger partial charge on any atom is -0.313 e. The van der Waals surface area contributed by atoms with Crippen LogP contribution in [-0.4, -0.2) is 37.1 Å². The van der Waals surface area contributed by atoms with Gasteiger partial charge in [0.1, 0.15) is 0 Å². The monoisotopic (exact) mass is 224 g/mol. The third-order valence-electron chi connectivity index (χ3n) is 4.64. The predicted molar refractivity (Wildman–Crippen MR) is 69.7 cm³/mol. The Hall–Kier alpha value is -0.0800. The van der Waals surface area contributed by atoms with Crippen molar-refractivity contribution in [2.45, 2.75) is 64.0 Å². The molecule has 16 heavy (non-hydrogen) atoms. The van der Waals surface area contributed by atoms with Gasteiger partial charge in [-0.15, -0.1) is 0 Å². The summed E-state index contributed by atoms with van der Waals surface area (Å²) in [5, 5.41) is 3.70. The number of nitrogens with one attached hydrogen (secondary N) is 1. The molecule has 94 valence electrons. The van der Waals surface area contributed by atoms with E-state index in [2.05, 4.69) is 24.2 Å². The molecule has 0 aromatic carbocycles. The zero-order valence-electron chi connectivity index (χ0n) is 11.0. The Morgan fingerprint density at radius 3 is 2.62 bits per heavy atom. The van der Waals surface area contributed by atoms with Crippen LogP contribution in [0.4, 0.5) is 0 Å². The lowest BCUT2D eigenvalue weighted by Gasteiger charge is -2.34. The summed E-state index contributed by atoms with van der Waals surface area (Å²) in [4.78, 5) is 2.61.